The molecular formula is C20H26N2O2S. The molecule has 2 aromatic rings. The van der Waals surface area contributed by atoms with Crippen molar-refractivity contribution < 1.29 is 9.53 Å². The van der Waals surface area contributed by atoms with Gasteiger partial charge in [0.15, 0.2) is 4.80 Å². The van der Waals surface area contributed by atoms with Crippen molar-refractivity contribution in [1.82, 2.24) is 4.57 Å². The summed E-state index contributed by atoms with van der Waals surface area (Å²) in [5.41, 5.74) is 1.07. The Morgan fingerprint density at radius 1 is 1.44 bits per heavy atom. The second-order valence-corrected chi connectivity index (χ2v) is 7.55. The first-order chi connectivity index (χ1) is 12.2. The molecule has 0 unspecified atom stereocenters. The van der Waals surface area contributed by atoms with Crippen molar-refractivity contribution in [2.24, 2.45) is 10.9 Å². The number of fused-ring (bicyclic) bond motifs is 1. The second kappa shape index (κ2) is 8.48. The topological polar surface area (TPSA) is 43.6 Å². The van der Waals surface area contributed by atoms with Crippen LogP contribution in [-0.4, -0.2) is 17.1 Å². The molecule has 1 aromatic carbocycles. The fourth-order valence-electron chi connectivity index (χ4n) is 3.49. The first-order valence-corrected chi connectivity index (χ1v) is 9.97. The largest absolute Gasteiger partial charge is 0.494 e. The number of thiazole rings is 1. The van der Waals surface area contributed by atoms with Gasteiger partial charge in [-0.2, -0.15) is 4.99 Å². The van der Waals surface area contributed by atoms with E-state index in [-0.39, 0.29) is 5.91 Å². The standard InChI is InChI=1S/C20H26N2O2S/c1-3-13-22-17-11-10-16(24-4-2)14-18(17)25-20(22)21-19(23)12-9-15-7-5-6-8-15/h3,10-11,14-15H,1,4-9,12-13H2,2H3. The van der Waals surface area contributed by atoms with E-state index in [9.17, 15) is 4.79 Å². The summed E-state index contributed by atoms with van der Waals surface area (Å²) in [5.74, 6) is 1.55. The summed E-state index contributed by atoms with van der Waals surface area (Å²) in [6.07, 6.45) is 8.53. The van der Waals surface area contributed by atoms with Gasteiger partial charge in [-0.1, -0.05) is 43.1 Å². The highest BCUT2D eigenvalue weighted by molar-refractivity contribution is 7.16. The summed E-state index contributed by atoms with van der Waals surface area (Å²) in [6.45, 7) is 7.08. The zero-order valence-electron chi connectivity index (χ0n) is 14.9. The number of carbonyl (C=O) groups excluding carboxylic acids is 1. The quantitative estimate of drug-likeness (QED) is 0.674. The summed E-state index contributed by atoms with van der Waals surface area (Å²) >= 11 is 1.54. The minimum Gasteiger partial charge on any atom is -0.494 e. The van der Waals surface area contributed by atoms with E-state index in [1.54, 1.807) is 0 Å². The van der Waals surface area contributed by atoms with Crippen LogP contribution in [0.15, 0.2) is 35.8 Å². The fourth-order valence-corrected chi connectivity index (χ4v) is 4.58. The molecule has 0 aliphatic heterocycles. The Balaban J connectivity index is 1.85. The van der Waals surface area contributed by atoms with Gasteiger partial charge in [-0.3, -0.25) is 4.79 Å². The number of rotatable bonds is 7. The normalized spacial score (nSPS) is 15.8. The van der Waals surface area contributed by atoms with Gasteiger partial charge in [-0.05, 0) is 37.5 Å². The molecule has 1 saturated carbocycles. The van der Waals surface area contributed by atoms with Gasteiger partial charge in [-0.25, -0.2) is 0 Å². The van der Waals surface area contributed by atoms with Crippen LogP contribution < -0.4 is 9.54 Å². The maximum Gasteiger partial charge on any atom is 0.248 e. The molecule has 1 fully saturated rings. The summed E-state index contributed by atoms with van der Waals surface area (Å²) in [5, 5.41) is 0. The molecule has 5 heteroatoms. The summed E-state index contributed by atoms with van der Waals surface area (Å²) in [6, 6.07) is 6.01. The molecule has 1 aromatic heterocycles. The van der Waals surface area contributed by atoms with Crippen molar-refractivity contribution in [3.8, 4) is 5.75 Å². The Morgan fingerprint density at radius 2 is 2.24 bits per heavy atom. The average Bonchev–Trinajstić information content (AvgIpc) is 3.22. The number of aromatic nitrogens is 1. The molecule has 25 heavy (non-hydrogen) atoms. The van der Waals surface area contributed by atoms with E-state index >= 15 is 0 Å². The van der Waals surface area contributed by atoms with Crippen molar-refractivity contribution in [2.45, 2.75) is 52.0 Å². The Labute approximate surface area is 152 Å². The predicted molar refractivity (Wildman–Crippen MR) is 103 cm³/mol. The van der Waals surface area contributed by atoms with Crippen LogP contribution in [-0.2, 0) is 11.3 Å². The highest BCUT2D eigenvalue weighted by atomic mass is 32.1. The van der Waals surface area contributed by atoms with Gasteiger partial charge in [0.2, 0.25) is 5.91 Å². The fraction of sp³-hybridized carbons (Fsp3) is 0.500. The molecule has 0 spiro atoms. The SMILES string of the molecule is C=CCn1c(=NC(=O)CCC2CCCC2)sc2cc(OCC)ccc21. The average molecular weight is 359 g/mol. The number of carbonyl (C=O) groups is 1. The summed E-state index contributed by atoms with van der Waals surface area (Å²) in [4.78, 5) is 17.5. The molecule has 1 heterocycles. The lowest BCUT2D eigenvalue weighted by molar-refractivity contribution is -0.118. The van der Waals surface area contributed by atoms with Crippen molar-refractivity contribution in [3.63, 3.8) is 0 Å². The second-order valence-electron chi connectivity index (χ2n) is 6.54. The Morgan fingerprint density at radius 3 is 2.96 bits per heavy atom. The third kappa shape index (κ3) is 4.40. The van der Waals surface area contributed by atoms with Gasteiger partial charge in [0.25, 0.3) is 0 Å². The number of nitrogens with zero attached hydrogens (tertiary/aromatic N) is 2. The van der Waals surface area contributed by atoms with Crippen LogP contribution in [0.1, 0.15) is 45.4 Å². The van der Waals surface area contributed by atoms with E-state index < -0.39 is 0 Å². The first kappa shape index (κ1) is 17.9. The minimum atomic E-state index is -0.0127. The molecule has 1 aliphatic carbocycles. The van der Waals surface area contributed by atoms with Crippen LogP contribution in [0.2, 0.25) is 0 Å². The molecule has 3 rings (SSSR count). The lowest BCUT2D eigenvalue weighted by Crippen LogP contribution is -2.16. The Kier molecular flexibility index (Phi) is 6.08. The van der Waals surface area contributed by atoms with E-state index in [0.29, 0.717) is 19.6 Å². The first-order valence-electron chi connectivity index (χ1n) is 9.16. The highest BCUT2D eigenvalue weighted by Gasteiger charge is 2.16. The number of amides is 1. The van der Waals surface area contributed by atoms with Crippen LogP contribution in [0.5, 0.6) is 5.75 Å². The number of hydrogen-bond acceptors (Lipinski definition) is 3. The van der Waals surface area contributed by atoms with Crippen molar-refractivity contribution in [3.05, 3.63) is 35.7 Å². The number of ether oxygens (including phenoxy) is 1. The molecule has 0 bridgehead atoms. The Bertz CT molecular complexity index is 813. The van der Waals surface area contributed by atoms with Crippen molar-refractivity contribution in [2.75, 3.05) is 6.61 Å². The zero-order chi connectivity index (χ0) is 17.6. The van der Waals surface area contributed by atoms with Crippen LogP contribution in [0.25, 0.3) is 10.2 Å². The lowest BCUT2D eigenvalue weighted by atomic mass is 10.0. The molecule has 0 radical (unpaired) electrons. The maximum atomic E-state index is 12.3. The predicted octanol–water partition coefficient (Wildman–Crippen LogP) is 4.69. The van der Waals surface area contributed by atoms with E-state index in [1.165, 1.54) is 37.0 Å². The van der Waals surface area contributed by atoms with Gasteiger partial charge < -0.3 is 9.30 Å². The monoisotopic (exact) mass is 358 g/mol. The summed E-state index contributed by atoms with van der Waals surface area (Å²) < 4.78 is 8.71. The number of benzene rings is 1. The lowest BCUT2D eigenvalue weighted by Gasteiger charge is -2.05. The molecule has 134 valence electrons. The Hall–Kier alpha value is -1.88. The third-order valence-corrected chi connectivity index (χ3v) is 5.78. The zero-order valence-corrected chi connectivity index (χ0v) is 15.7. The molecule has 1 aliphatic rings. The highest BCUT2D eigenvalue weighted by Crippen LogP contribution is 2.28. The van der Waals surface area contributed by atoms with Gasteiger partial charge in [0.05, 0.1) is 16.8 Å². The molecule has 0 N–H and O–H groups in total. The van der Waals surface area contributed by atoms with Crippen LogP contribution in [0.4, 0.5) is 0 Å². The molecular weight excluding hydrogens is 332 g/mol. The van der Waals surface area contributed by atoms with Crippen LogP contribution >= 0.6 is 11.3 Å². The molecule has 1 amide bonds. The van der Waals surface area contributed by atoms with E-state index in [2.05, 4.69) is 16.1 Å². The molecule has 0 atom stereocenters. The summed E-state index contributed by atoms with van der Waals surface area (Å²) in [7, 11) is 0. The van der Waals surface area contributed by atoms with Gasteiger partial charge in [0, 0.05) is 13.0 Å². The smallest absolute Gasteiger partial charge is 0.248 e. The van der Waals surface area contributed by atoms with Crippen molar-refractivity contribution in [1.29, 1.82) is 0 Å². The third-order valence-electron chi connectivity index (χ3n) is 4.74. The van der Waals surface area contributed by atoms with Crippen LogP contribution in [0.3, 0.4) is 0 Å². The number of hydrogen-bond donors (Lipinski definition) is 0. The van der Waals surface area contributed by atoms with Crippen LogP contribution in [0, 0.1) is 5.92 Å². The molecule has 0 saturated heterocycles. The van der Waals surface area contributed by atoms with Gasteiger partial charge >= 0.3 is 0 Å². The van der Waals surface area contributed by atoms with E-state index in [1.807, 2.05) is 31.2 Å². The molecule has 4 nitrogen and oxygen atoms in total. The van der Waals surface area contributed by atoms with Crippen molar-refractivity contribution >= 4 is 27.5 Å². The van der Waals surface area contributed by atoms with Gasteiger partial charge in [0.1, 0.15) is 5.75 Å². The minimum absolute atomic E-state index is 0.0127. The van der Waals surface area contributed by atoms with Gasteiger partial charge in [-0.15, -0.1) is 6.58 Å². The van der Waals surface area contributed by atoms with E-state index in [0.717, 1.165) is 33.1 Å². The maximum absolute atomic E-state index is 12.3. The van der Waals surface area contributed by atoms with E-state index in [4.69, 9.17) is 4.74 Å². The number of allylic oxidation sites excluding steroid dienone is 1.